The van der Waals surface area contributed by atoms with Gasteiger partial charge in [0.25, 0.3) is 11.1 Å². The first kappa shape index (κ1) is 17.4. The Kier molecular flexibility index (Phi) is 4.99. The van der Waals surface area contributed by atoms with Gasteiger partial charge in [0.2, 0.25) is 0 Å². The molecule has 3 aromatic heterocycles. The first-order valence-corrected chi connectivity index (χ1v) is 9.94. The first-order valence-electron chi connectivity index (χ1n) is 8.24. The van der Waals surface area contributed by atoms with Gasteiger partial charge in [-0.25, -0.2) is 9.97 Å². The van der Waals surface area contributed by atoms with Gasteiger partial charge in [-0.3, -0.25) is 4.79 Å². The molecule has 136 valence electrons. The minimum absolute atomic E-state index is 0.119. The highest BCUT2D eigenvalue weighted by Crippen LogP contribution is 2.24. The number of hydrogen-bond donors (Lipinski definition) is 1. The highest BCUT2D eigenvalue weighted by Gasteiger charge is 2.15. The van der Waals surface area contributed by atoms with Crippen molar-refractivity contribution < 1.29 is 9.53 Å². The maximum Gasteiger partial charge on any atom is 0.278 e. The lowest BCUT2D eigenvalue weighted by atomic mass is 10.2. The molecule has 0 unspecified atom stereocenters. The van der Waals surface area contributed by atoms with Gasteiger partial charge in [0.1, 0.15) is 10.6 Å². The summed E-state index contributed by atoms with van der Waals surface area (Å²) in [6.45, 7) is 2.29. The molecule has 0 fully saturated rings. The lowest BCUT2D eigenvalue weighted by molar-refractivity contribution is 0.0954. The Morgan fingerprint density at radius 2 is 2.00 bits per heavy atom. The van der Waals surface area contributed by atoms with Crippen LogP contribution in [0.2, 0.25) is 0 Å². The van der Waals surface area contributed by atoms with Crippen LogP contribution in [-0.4, -0.2) is 20.4 Å². The number of aromatic nitrogens is 3. The van der Waals surface area contributed by atoms with E-state index in [1.54, 1.807) is 6.20 Å². The van der Waals surface area contributed by atoms with Gasteiger partial charge >= 0.3 is 0 Å². The number of ether oxygens (including phenoxy) is 1. The molecule has 0 saturated carbocycles. The fourth-order valence-electron chi connectivity index (χ4n) is 2.46. The second kappa shape index (κ2) is 7.73. The highest BCUT2D eigenvalue weighted by molar-refractivity contribution is 7.16. The van der Waals surface area contributed by atoms with E-state index in [1.807, 2.05) is 65.7 Å². The second-order valence-electron chi connectivity index (χ2n) is 5.73. The molecule has 1 N–H and O–H groups in total. The molecule has 0 atom stereocenters. The van der Waals surface area contributed by atoms with E-state index >= 15 is 0 Å². The molecule has 0 aliphatic heterocycles. The number of nitrogens with zero attached hydrogens (tertiary/aromatic N) is 3. The molecule has 1 aromatic carbocycles. The predicted octanol–water partition coefficient (Wildman–Crippen LogP) is 4.42. The zero-order valence-corrected chi connectivity index (χ0v) is 16.1. The molecular weight excluding hydrogens is 380 g/mol. The zero-order valence-electron chi connectivity index (χ0n) is 14.5. The van der Waals surface area contributed by atoms with E-state index in [4.69, 9.17) is 4.74 Å². The molecule has 0 aliphatic carbocycles. The van der Waals surface area contributed by atoms with Gasteiger partial charge in [-0.2, -0.15) is 0 Å². The van der Waals surface area contributed by atoms with Crippen LogP contribution in [0.5, 0.6) is 10.9 Å². The Morgan fingerprint density at radius 3 is 2.70 bits per heavy atom. The molecule has 4 rings (SSSR count). The Hall–Kier alpha value is -2.97. The molecule has 27 heavy (non-hydrogen) atoms. The Morgan fingerprint density at radius 1 is 1.22 bits per heavy atom. The van der Waals surface area contributed by atoms with Crippen molar-refractivity contribution in [2.75, 3.05) is 0 Å². The van der Waals surface area contributed by atoms with Crippen molar-refractivity contribution in [2.24, 2.45) is 0 Å². The van der Waals surface area contributed by atoms with Crippen molar-refractivity contribution in [3.8, 4) is 16.1 Å². The van der Waals surface area contributed by atoms with E-state index in [2.05, 4.69) is 15.3 Å². The minimum Gasteiger partial charge on any atom is -0.431 e. The molecule has 6 nitrogen and oxygen atoms in total. The number of nitrogens with one attached hydrogen (secondary N) is 1. The summed E-state index contributed by atoms with van der Waals surface area (Å²) in [5, 5.41) is 6.20. The first-order chi connectivity index (χ1) is 13.2. The number of rotatable bonds is 6. The predicted molar refractivity (Wildman–Crippen MR) is 106 cm³/mol. The lowest BCUT2D eigenvalue weighted by Crippen LogP contribution is -2.22. The maximum absolute atomic E-state index is 12.5. The SMILES string of the molecule is Cc1nc(-n2cccc2)sc1C(=O)NCc1ccc(Oc2nccs2)cc1. The minimum atomic E-state index is -0.119. The Bertz CT molecular complexity index is 1020. The van der Waals surface area contributed by atoms with E-state index in [-0.39, 0.29) is 5.91 Å². The summed E-state index contributed by atoms with van der Waals surface area (Å²) in [5.41, 5.74) is 1.72. The molecule has 0 spiro atoms. The topological polar surface area (TPSA) is 69.0 Å². The molecule has 0 radical (unpaired) electrons. The van der Waals surface area contributed by atoms with E-state index < -0.39 is 0 Å². The Labute approximate surface area is 164 Å². The van der Waals surface area contributed by atoms with Crippen molar-refractivity contribution in [1.29, 1.82) is 0 Å². The number of amides is 1. The number of thiazole rings is 2. The zero-order chi connectivity index (χ0) is 18.6. The third-order valence-electron chi connectivity index (χ3n) is 3.81. The number of aryl methyl sites for hydroxylation is 1. The van der Waals surface area contributed by atoms with Crippen molar-refractivity contribution >= 4 is 28.6 Å². The van der Waals surface area contributed by atoms with Crippen LogP contribution in [0.3, 0.4) is 0 Å². The quantitative estimate of drug-likeness (QED) is 0.524. The summed E-state index contributed by atoms with van der Waals surface area (Å²) in [7, 11) is 0. The maximum atomic E-state index is 12.5. The van der Waals surface area contributed by atoms with Crippen LogP contribution in [0, 0.1) is 6.92 Å². The lowest BCUT2D eigenvalue weighted by Gasteiger charge is -2.06. The molecule has 0 saturated heterocycles. The average Bonchev–Trinajstić information content (AvgIpc) is 3.42. The summed E-state index contributed by atoms with van der Waals surface area (Å²) in [6, 6.07) is 11.4. The van der Waals surface area contributed by atoms with Crippen LogP contribution in [0.25, 0.3) is 5.13 Å². The van der Waals surface area contributed by atoms with Gasteiger partial charge in [-0.15, -0.1) is 0 Å². The summed E-state index contributed by atoms with van der Waals surface area (Å²) in [5.74, 6) is 0.598. The summed E-state index contributed by atoms with van der Waals surface area (Å²) in [4.78, 5) is 21.7. The van der Waals surface area contributed by atoms with E-state index in [0.717, 1.165) is 22.1 Å². The van der Waals surface area contributed by atoms with Crippen molar-refractivity contribution in [3.63, 3.8) is 0 Å². The summed E-state index contributed by atoms with van der Waals surface area (Å²) in [6.07, 6.45) is 5.53. The Balaban J connectivity index is 1.38. The normalized spacial score (nSPS) is 10.7. The van der Waals surface area contributed by atoms with Crippen molar-refractivity contribution in [2.45, 2.75) is 13.5 Å². The molecule has 0 bridgehead atoms. The molecular formula is C19H16N4O2S2. The van der Waals surface area contributed by atoms with E-state index in [0.29, 0.717) is 16.6 Å². The third kappa shape index (κ3) is 4.07. The van der Waals surface area contributed by atoms with Crippen LogP contribution < -0.4 is 10.1 Å². The van der Waals surface area contributed by atoms with Gasteiger partial charge < -0.3 is 14.6 Å². The van der Waals surface area contributed by atoms with Gasteiger partial charge in [0.05, 0.1) is 5.69 Å². The molecule has 8 heteroatoms. The standard InChI is InChI=1S/C19H16N4O2S2/c1-13-16(27-18(22-13)23-9-2-3-10-23)17(24)21-12-14-4-6-15(7-5-14)25-19-20-8-11-26-19/h2-11H,12H2,1H3,(H,21,24). The van der Waals surface area contributed by atoms with Crippen LogP contribution in [0.15, 0.2) is 60.4 Å². The van der Waals surface area contributed by atoms with Gasteiger partial charge in [0, 0.05) is 30.5 Å². The van der Waals surface area contributed by atoms with Crippen molar-refractivity contribution in [1.82, 2.24) is 19.9 Å². The monoisotopic (exact) mass is 396 g/mol. The highest BCUT2D eigenvalue weighted by atomic mass is 32.1. The van der Waals surface area contributed by atoms with Crippen molar-refractivity contribution in [3.05, 3.63) is 76.5 Å². The van der Waals surface area contributed by atoms with Gasteiger partial charge in [-0.1, -0.05) is 34.8 Å². The molecule has 4 aromatic rings. The molecule has 3 heterocycles. The van der Waals surface area contributed by atoms with Gasteiger partial charge in [-0.05, 0) is 36.8 Å². The third-order valence-corrected chi connectivity index (χ3v) is 5.63. The number of carbonyl (C=O) groups excluding carboxylic acids is 1. The fourth-order valence-corrected chi connectivity index (χ4v) is 3.92. The van der Waals surface area contributed by atoms with Crippen LogP contribution in [-0.2, 0) is 6.54 Å². The molecule has 1 amide bonds. The number of hydrogen-bond acceptors (Lipinski definition) is 6. The van der Waals surface area contributed by atoms with Crippen LogP contribution >= 0.6 is 22.7 Å². The number of carbonyl (C=O) groups is 1. The van der Waals surface area contributed by atoms with E-state index in [1.165, 1.54) is 22.7 Å². The fraction of sp³-hybridized carbons (Fsp3) is 0.105. The van der Waals surface area contributed by atoms with Crippen LogP contribution in [0.4, 0.5) is 0 Å². The van der Waals surface area contributed by atoms with Gasteiger partial charge in [0.15, 0.2) is 5.13 Å². The summed E-state index contributed by atoms with van der Waals surface area (Å²) >= 11 is 2.82. The largest absolute Gasteiger partial charge is 0.431 e. The summed E-state index contributed by atoms with van der Waals surface area (Å²) < 4.78 is 7.53. The van der Waals surface area contributed by atoms with E-state index in [9.17, 15) is 4.79 Å². The smallest absolute Gasteiger partial charge is 0.278 e. The number of benzene rings is 1. The second-order valence-corrected chi connectivity index (χ2v) is 7.56. The average molecular weight is 396 g/mol. The molecule has 0 aliphatic rings. The van der Waals surface area contributed by atoms with Crippen LogP contribution in [0.1, 0.15) is 20.9 Å².